The fourth-order valence-electron chi connectivity index (χ4n) is 2.04. The molecular weight excluding hydrogens is 267 g/mol. The normalized spacial score (nSPS) is 10.6. The number of fused-ring (bicyclic) bond motifs is 1. The van der Waals surface area contributed by atoms with Crippen LogP contribution in [0.1, 0.15) is 5.69 Å². The molecule has 0 atom stereocenters. The number of nitrogens with zero attached hydrogens (tertiary/aromatic N) is 2. The van der Waals surface area contributed by atoms with Gasteiger partial charge < -0.3 is 14.8 Å². The minimum Gasteiger partial charge on any atom is -0.487 e. The van der Waals surface area contributed by atoms with Crippen LogP contribution in [0.3, 0.4) is 0 Å². The molecule has 0 bridgehead atoms. The number of aromatic nitrogens is 2. The maximum absolute atomic E-state index is 9.25. The third kappa shape index (κ3) is 3.02. The van der Waals surface area contributed by atoms with Crippen LogP contribution in [0.5, 0.6) is 5.75 Å². The number of pyridine rings is 2. The Balaban J connectivity index is 1.92. The van der Waals surface area contributed by atoms with Gasteiger partial charge in [0.15, 0.2) is 0 Å². The topological polar surface area (TPSA) is 75.5 Å². The van der Waals surface area contributed by atoms with E-state index in [0.29, 0.717) is 17.8 Å². The minimum absolute atomic E-state index is 0.330. The van der Waals surface area contributed by atoms with Gasteiger partial charge in [0.25, 0.3) is 0 Å². The lowest BCUT2D eigenvalue weighted by molar-refractivity contribution is 0.305. The molecule has 1 aromatic carbocycles. The molecule has 0 fully saturated rings. The van der Waals surface area contributed by atoms with Crippen LogP contribution in [0, 0.1) is 0 Å². The van der Waals surface area contributed by atoms with E-state index in [0.717, 1.165) is 16.6 Å². The Hall–Kier alpha value is -2.44. The van der Waals surface area contributed by atoms with Gasteiger partial charge >= 0.3 is 7.12 Å². The molecule has 0 radical (unpaired) electrons. The Morgan fingerprint density at radius 1 is 1.05 bits per heavy atom. The molecule has 0 aliphatic heterocycles. The monoisotopic (exact) mass is 280 g/mol. The van der Waals surface area contributed by atoms with Gasteiger partial charge in [0.1, 0.15) is 12.4 Å². The number of hydrogen-bond donors (Lipinski definition) is 2. The zero-order valence-corrected chi connectivity index (χ0v) is 11.2. The number of benzene rings is 1. The highest BCUT2D eigenvalue weighted by atomic mass is 16.5. The summed E-state index contributed by atoms with van der Waals surface area (Å²) in [5, 5.41) is 19.2. The lowest BCUT2D eigenvalue weighted by Crippen LogP contribution is -2.30. The average molecular weight is 280 g/mol. The minimum atomic E-state index is -1.55. The molecule has 2 heterocycles. The van der Waals surface area contributed by atoms with E-state index in [4.69, 9.17) is 4.74 Å². The summed E-state index contributed by atoms with van der Waals surface area (Å²) >= 11 is 0. The molecule has 0 unspecified atom stereocenters. The van der Waals surface area contributed by atoms with Gasteiger partial charge in [-0.15, -0.1) is 0 Å². The third-order valence-electron chi connectivity index (χ3n) is 3.11. The van der Waals surface area contributed by atoms with Crippen molar-refractivity contribution in [3.05, 3.63) is 60.6 Å². The highest BCUT2D eigenvalue weighted by Gasteiger charge is 2.13. The average Bonchev–Trinajstić information content (AvgIpc) is 2.53. The molecule has 0 spiro atoms. The maximum atomic E-state index is 9.25. The number of rotatable bonds is 4. The second-order valence-electron chi connectivity index (χ2n) is 4.57. The highest BCUT2D eigenvalue weighted by molar-refractivity contribution is 6.58. The number of hydrogen-bond acceptors (Lipinski definition) is 5. The van der Waals surface area contributed by atoms with E-state index < -0.39 is 7.12 Å². The maximum Gasteiger partial charge on any atom is 0.490 e. The van der Waals surface area contributed by atoms with Crippen molar-refractivity contribution in [3.63, 3.8) is 0 Å². The Morgan fingerprint density at radius 3 is 2.71 bits per heavy atom. The molecule has 104 valence electrons. The Labute approximate surface area is 122 Å². The lowest BCUT2D eigenvalue weighted by Gasteiger charge is -2.09. The van der Waals surface area contributed by atoms with Gasteiger partial charge in [-0.3, -0.25) is 9.97 Å². The molecule has 6 heteroatoms. The summed E-state index contributed by atoms with van der Waals surface area (Å²) in [6.45, 7) is 0.339. The van der Waals surface area contributed by atoms with E-state index in [-0.39, 0.29) is 0 Å². The molecule has 2 N–H and O–H groups in total. The van der Waals surface area contributed by atoms with Gasteiger partial charge in [-0.25, -0.2) is 0 Å². The van der Waals surface area contributed by atoms with E-state index in [1.165, 1.54) is 6.20 Å². The van der Waals surface area contributed by atoms with Crippen LogP contribution in [0.15, 0.2) is 54.9 Å². The van der Waals surface area contributed by atoms with Crippen LogP contribution in [-0.4, -0.2) is 27.1 Å². The first-order valence-corrected chi connectivity index (χ1v) is 6.51. The van der Waals surface area contributed by atoms with Crippen LogP contribution >= 0.6 is 0 Å². The molecule has 2 aromatic heterocycles. The summed E-state index contributed by atoms with van der Waals surface area (Å²) in [5.74, 6) is 0.633. The standard InChI is InChI=1S/C15H13BN2O3/c19-16(20)11-8-13-14(18-9-11)5-3-6-15(13)21-10-12-4-1-2-7-17-12/h1-9,19-20H,10H2. The van der Waals surface area contributed by atoms with Crippen molar-refractivity contribution >= 4 is 23.5 Å². The van der Waals surface area contributed by atoms with Crippen molar-refractivity contribution in [1.29, 1.82) is 0 Å². The number of ether oxygens (including phenoxy) is 1. The second kappa shape index (κ2) is 5.91. The zero-order valence-electron chi connectivity index (χ0n) is 11.2. The van der Waals surface area contributed by atoms with E-state index >= 15 is 0 Å². The summed E-state index contributed by atoms with van der Waals surface area (Å²) in [6.07, 6.45) is 3.15. The summed E-state index contributed by atoms with van der Waals surface area (Å²) in [6, 6.07) is 12.8. The molecule has 0 amide bonds. The zero-order chi connectivity index (χ0) is 14.7. The van der Waals surface area contributed by atoms with Crippen LogP contribution in [0.4, 0.5) is 0 Å². The van der Waals surface area contributed by atoms with Crippen molar-refractivity contribution in [2.75, 3.05) is 0 Å². The van der Waals surface area contributed by atoms with E-state index in [1.807, 2.05) is 36.4 Å². The fourth-order valence-corrected chi connectivity index (χ4v) is 2.04. The highest BCUT2D eigenvalue weighted by Crippen LogP contribution is 2.23. The van der Waals surface area contributed by atoms with Crippen molar-refractivity contribution in [2.45, 2.75) is 6.61 Å². The van der Waals surface area contributed by atoms with E-state index in [1.54, 1.807) is 12.3 Å². The summed E-state index contributed by atoms with van der Waals surface area (Å²) < 4.78 is 5.77. The fraction of sp³-hybridized carbons (Fsp3) is 0.0667. The van der Waals surface area contributed by atoms with E-state index in [9.17, 15) is 10.0 Å². The Morgan fingerprint density at radius 2 is 1.95 bits per heavy atom. The predicted octanol–water partition coefficient (Wildman–Crippen LogP) is 0.889. The van der Waals surface area contributed by atoms with E-state index in [2.05, 4.69) is 9.97 Å². The predicted molar refractivity (Wildman–Crippen MR) is 80.1 cm³/mol. The quantitative estimate of drug-likeness (QED) is 0.694. The van der Waals surface area contributed by atoms with Gasteiger partial charge in [0, 0.05) is 23.2 Å². The molecule has 0 saturated heterocycles. The van der Waals surface area contributed by atoms with Gasteiger partial charge in [0.2, 0.25) is 0 Å². The first kappa shape index (κ1) is 13.5. The van der Waals surface area contributed by atoms with Crippen LogP contribution in [-0.2, 0) is 6.61 Å². The molecule has 0 saturated carbocycles. The van der Waals surface area contributed by atoms with Crippen molar-refractivity contribution in [3.8, 4) is 5.75 Å². The molecule has 0 aliphatic carbocycles. The Bertz CT molecular complexity index is 750. The van der Waals surface area contributed by atoms with Crippen LogP contribution in [0.25, 0.3) is 10.9 Å². The Kier molecular flexibility index (Phi) is 3.81. The summed E-state index contributed by atoms with van der Waals surface area (Å²) in [7, 11) is -1.55. The van der Waals surface area contributed by atoms with Crippen molar-refractivity contribution in [2.24, 2.45) is 0 Å². The lowest BCUT2D eigenvalue weighted by atomic mass is 9.81. The SMILES string of the molecule is OB(O)c1cnc2cccc(OCc3ccccn3)c2c1. The van der Waals surface area contributed by atoms with Crippen molar-refractivity contribution in [1.82, 2.24) is 9.97 Å². The first-order valence-electron chi connectivity index (χ1n) is 6.51. The molecular formula is C15H13BN2O3. The molecule has 5 nitrogen and oxygen atoms in total. The molecule has 21 heavy (non-hydrogen) atoms. The largest absolute Gasteiger partial charge is 0.490 e. The summed E-state index contributed by atoms with van der Waals surface area (Å²) in [5.41, 5.74) is 1.88. The van der Waals surface area contributed by atoms with Gasteiger partial charge in [0.05, 0.1) is 11.2 Å². The van der Waals surface area contributed by atoms with Crippen LogP contribution < -0.4 is 10.2 Å². The summed E-state index contributed by atoms with van der Waals surface area (Å²) in [4.78, 5) is 8.40. The first-order chi connectivity index (χ1) is 10.2. The van der Waals surface area contributed by atoms with Gasteiger partial charge in [-0.05, 0) is 30.3 Å². The van der Waals surface area contributed by atoms with Gasteiger partial charge in [-0.1, -0.05) is 12.1 Å². The van der Waals surface area contributed by atoms with Crippen LogP contribution in [0.2, 0.25) is 0 Å². The van der Waals surface area contributed by atoms with Crippen molar-refractivity contribution < 1.29 is 14.8 Å². The molecule has 3 rings (SSSR count). The second-order valence-corrected chi connectivity index (χ2v) is 4.57. The molecule has 0 aliphatic rings. The smallest absolute Gasteiger partial charge is 0.487 e. The van der Waals surface area contributed by atoms with Gasteiger partial charge in [-0.2, -0.15) is 0 Å². The molecule has 3 aromatic rings. The third-order valence-corrected chi connectivity index (χ3v) is 3.11.